The van der Waals surface area contributed by atoms with Crippen molar-refractivity contribution in [3.05, 3.63) is 72.3 Å². The Balaban J connectivity index is 1.49. The number of rotatable bonds is 11. The van der Waals surface area contributed by atoms with Gasteiger partial charge >= 0.3 is 0 Å². The minimum atomic E-state index is -4.21. The fourth-order valence-electron chi connectivity index (χ4n) is 4.87. The van der Waals surface area contributed by atoms with Gasteiger partial charge < -0.3 is 25.4 Å². The lowest BCUT2D eigenvalue weighted by atomic mass is 10.0. The summed E-state index contributed by atoms with van der Waals surface area (Å²) < 4.78 is 40.7. The number of aromatic nitrogens is 2. The van der Waals surface area contributed by atoms with E-state index < -0.39 is 22.0 Å². The van der Waals surface area contributed by atoms with Gasteiger partial charge in [-0.2, -0.15) is 0 Å². The number of methoxy groups -OCH3 is 2. The van der Waals surface area contributed by atoms with Crippen LogP contribution in [0.15, 0.2) is 71.6 Å². The Morgan fingerprint density at radius 1 is 0.907 bits per heavy atom. The average Bonchev–Trinajstić information content (AvgIpc) is 3.01. The van der Waals surface area contributed by atoms with Gasteiger partial charge in [0, 0.05) is 50.1 Å². The number of hydrogen-bond donors (Lipinski definition) is 3. The van der Waals surface area contributed by atoms with Crippen molar-refractivity contribution in [2.75, 3.05) is 50.4 Å². The second-order valence-corrected chi connectivity index (χ2v) is 11.5. The molecule has 1 aromatic heterocycles. The van der Waals surface area contributed by atoms with E-state index in [4.69, 9.17) is 15.2 Å². The fraction of sp³-hybridized carbons (Fsp3) is 0.241. The zero-order valence-electron chi connectivity index (χ0n) is 23.6. The summed E-state index contributed by atoms with van der Waals surface area (Å²) in [6.07, 6.45) is 0.763. The Morgan fingerprint density at radius 3 is 2.12 bits per heavy atom. The highest BCUT2D eigenvalue weighted by Crippen LogP contribution is 2.32. The van der Waals surface area contributed by atoms with Gasteiger partial charge in [0.05, 0.1) is 30.1 Å². The lowest BCUT2D eigenvalue weighted by Crippen LogP contribution is -2.49. The van der Waals surface area contributed by atoms with Crippen LogP contribution < -0.4 is 25.2 Å². The highest BCUT2D eigenvalue weighted by Gasteiger charge is 2.30. The minimum Gasteiger partial charge on any atom is -0.497 e. The first-order valence-corrected chi connectivity index (χ1v) is 14.8. The summed E-state index contributed by atoms with van der Waals surface area (Å²) in [6, 6.07) is 17.4. The molecule has 1 atom stereocenters. The molecule has 224 valence electrons. The second-order valence-electron chi connectivity index (χ2n) is 9.80. The molecule has 1 aliphatic heterocycles. The number of hydrogen-bond acceptors (Lipinski definition) is 10. The topological polar surface area (TPSA) is 169 Å². The van der Waals surface area contributed by atoms with Crippen LogP contribution in [0.5, 0.6) is 11.5 Å². The van der Waals surface area contributed by atoms with E-state index in [0.717, 1.165) is 6.41 Å². The number of nitrogens with one attached hydrogen (secondary N) is 2. The second kappa shape index (κ2) is 12.5. The normalized spacial score (nSPS) is 14.6. The third-order valence-corrected chi connectivity index (χ3v) is 8.37. The van der Waals surface area contributed by atoms with Gasteiger partial charge in [-0.25, -0.2) is 18.4 Å². The van der Waals surface area contributed by atoms with Crippen LogP contribution in [0.2, 0.25) is 0 Å². The zero-order valence-corrected chi connectivity index (χ0v) is 24.4. The van der Waals surface area contributed by atoms with Crippen LogP contribution in [-0.2, 0) is 19.6 Å². The van der Waals surface area contributed by atoms with Crippen molar-refractivity contribution in [3.8, 4) is 11.5 Å². The van der Waals surface area contributed by atoms with Crippen molar-refractivity contribution in [1.29, 1.82) is 0 Å². The number of carbonyl (C=O) groups is 2. The van der Waals surface area contributed by atoms with Crippen LogP contribution in [0.4, 0.5) is 17.3 Å². The molecule has 3 aromatic carbocycles. The maximum absolute atomic E-state index is 13.7. The zero-order chi connectivity index (χ0) is 30.6. The average molecular weight is 606 g/mol. The molecular formula is C29H31N7O6S. The van der Waals surface area contributed by atoms with Crippen LogP contribution in [0.1, 0.15) is 11.6 Å². The Morgan fingerprint density at radius 2 is 1.53 bits per heavy atom. The van der Waals surface area contributed by atoms with Gasteiger partial charge in [-0.05, 0) is 29.8 Å². The van der Waals surface area contributed by atoms with E-state index >= 15 is 0 Å². The van der Waals surface area contributed by atoms with E-state index in [-0.39, 0.29) is 16.5 Å². The quantitative estimate of drug-likeness (QED) is 0.216. The number of benzene rings is 3. The molecular weight excluding hydrogens is 574 g/mol. The molecule has 0 radical (unpaired) electrons. The molecule has 14 heteroatoms. The van der Waals surface area contributed by atoms with E-state index in [1.54, 1.807) is 59.5 Å². The summed E-state index contributed by atoms with van der Waals surface area (Å²) in [4.78, 5) is 36.2. The summed E-state index contributed by atoms with van der Waals surface area (Å²) in [6.45, 7) is 1.70. The van der Waals surface area contributed by atoms with Gasteiger partial charge in [0.2, 0.25) is 12.3 Å². The van der Waals surface area contributed by atoms with Crippen molar-refractivity contribution in [2.24, 2.45) is 5.73 Å². The number of fused-ring (bicyclic) bond motifs is 1. The Labute approximate surface area is 248 Å². The van der Waals surface area contributed by atoms with Gasteiger partial charge in [0.25, 0.3) is 10.0 Å². The van der Waals surface area contributed by atoms with Crippen molar-refractivity contribution >= 4 is 50.7 Å². The summed E-state index contributed by atoms with van der Waals surface area (Å²) in [5.41, 5.74) is 7.73. The molecule has 1 fully saturated rings. The number of piperazine rings is 1. The van der Waals surface area contributed by atoms with Gasteiger partial charge in [0.1, 0.15) is 17.5 Å². The monoisotopic (exact) mass is 605 g/mol. The van der Waals surface area contributed by atoms with E-state index in [0.29, 0.717) is 60.0 Å². The molecule has 1 aliphatic rings. The van der Waals surface area contributed by atoms with Crippen LogP contribution in [0.25, 0.3) is 11.0 Å². The van der Waals surface area contributed by atoms with Crippen LogP contribution in [0.3, 0.4) is 0 Å². The van der Waals surface area contributed by atoms with Gasteiger partial charge in [0.15, 0.2) is 11.6 Å². The third kappa shape index (κ3) is 6.60. The highest BCUT2D eigenvalue weighted by molar-refractivity contribution is 7.92. The fourth-order valence-corrected chi connectivity index (χ4v) is 5.93. The molecule has 4 aromatic rings. The lowest BCUT2D eigenvalue weighted by Gasteiger charge is -2.36. The molecule has 4 N–H and O–H groups in total. The number of primary amides is 1. The largest absolute Gasteiger partial charge is 0.497 e. The van der Waals surface area contributed by atoms with E-state index in [9.17, 15) is 18.0 Å². The van der Waals surface area contributed by atoms with Gasteiger partial charge in [-0.3, -0.25) is 19.2 Å². The summed E-state index contributed by atoms with van der Waals surface area (Å²) in [5, 5.41) is 3.13. The van der Waals surface area contributed by atoms with E-state index in [2.05, 4.69) is 20.0 Å². The number of amides is 2. The molecule has 0 bridgehead atoms. The predicted octanol–water partition coefficient (Wildman–Crippen LogP) is 2.49. The van der Waals surface area contributed by atoms with Gasteiger partial charge in [-0.1, -0.05) is 24.3 Å². The molecule has 1 saturated heterocycles. The maximum Gasteiger partial charge on any atom is 0.263 e. The summed E-state index contributed by atoms with van der Waals surface area (Å²) >= 11 is 0. The van der Waals surface area contributed by atoms with Crippen LogP contribution in [0, 0.1) is 0 Å². The minimum absolute atomic E-state index is 0.0395. The van der Waals surface area contributed by atoms with Crippen molar-refractivity contribution in [3.63, 3.8) is 0 Å². The Hall–Kier alpha value is -4.95. The number of para-hydroxylation sites is 2. The number of carbonyl (C=O) groups excluding carboxylic acids is 2. The molecule has 43 heavy (non-hydrogen) atoms. The molecule has 5 rings (SSSR count). The Bertz CT molecular complexity index is 1740. The van der Waals surface area contributed by atoms with Crippen LogP contribution >= 0.6 is 0 Å². The van der Waals surface area contributed by atoms with E-state index in [1.807, 2.05) is 4.90 Å². The summed E-state index contributed by atoms with van der Waals surface area (Å²) in [7, 11) is -1.17. The SMILES string of the molecule is COc1cc(Nc2nc3ccccc3nc2NS(=O)(=O)c2cccc(C(C(N)=O)N3CCN(C=O)CC3)c2)cc(OC)c1. The van der Waals surface area contributed by atoms with Crippen LogP contribution in [-0.4, -0.2) is 80.9 Å². The molecule has 0 aliphatic carbocycles. The standard InChI is InChI=1S/C29H31N7O6S/c1-41-21-15-20(16-22(17-21)42-2)31-28-29(33-25-9-4-3-8-24(25)32-28)34-43(39,40)23-7-5-6-19(14-23)26(27(30)38)36-12-10-35(18-37)11-13-36/h3-9,14-18,26H,10-13H2,1-2H3,(H2,30,38)(H,31,32)(H,33,34). The molecule has 13 nitrogen and oxygen atoms in total. The maximum atomic E-state index is 13.7. The molecule has 2 heterocycles. The number of ether oxygens (including phenoxy) is 2. The first-order chi connectivity index (χ1) is 20.7. The predicted molar refractivity (Wildman–Crippen MR) is 161 cm³/mol. The third-order valence-electron chi connectivity index (χ3n) is 7.03. The Kier molecular flexibility index (Phi) is 8.59. The highest BCUT2D eigenvalue weighted by atomic mass is 32.2. The molecule has 0 saturated carbocycles. The first kappa shape index (κ1) is 29.5. The molecule has 0 spiro atoms. The smallest absolute Gasteiger partial charge is 0.263 e. The van der Waals surface area contributed by atoms with E-state index in [1.165, 1.54) is 26.4 Å². The number of anilines is 3. The number of nitrogens with two attached hydrogens (primary N) is 1. The first-order valence-electron chi connectivity index (χ1n) is 13.3. The molecule has 1 unspecified atom stereocenters. The van der Waals surface area contributed by atoms with Crippen molar-refractivity contribution in [2.45, 2.75) is 10.9 Å². The van der Waals surface area contributed by atoms with Crippen molar-refractivity contribution in [1.82, 2.24) is 19.8 Å². The number of sulfonamides is 1. The van der Waals surface area contributed by atoms with Crippen molar-refractivity contribution < 1.29 is 27.5 Å². The lowest BCUT2D eigenvalue weighted by molar-refractivity contribution is -0.125. The van der Waals surface area contributed by atoms with Gasteiger partial charge in [-0.15, -0.1) is 0 Å². The summed E-state index contributed by atoms with van der Waals surface area (Å²) in [5.74, 6) is 0.527. The molecule has 2 amide bonds. The number of nitrogens with zero attached hydrogens (tertiary/aromatic N) is 4.